The zero-order chi connectivity index (χ0) is 14.8. The van der Waals surface area contributed by atoms with Crippen LogP contribution in [0, 0.1) is 5.82 Å². The second kappa shape index (κ2) is 5.32. The Morgan fingerprint density at radius 2 is 1.60 bits per heavy atom. The van der Waals surface area contributed by atoms with Gasteiger partial charge in [-0.2, -0.15) is 0 Å². The molecule has 2 aromatic rings. The highest BCUT2D eigenvalue weighted by atomic mass is 19.4. The van der Waals surface area contributed by atoms with Crippen LogP contribution in [0.15, 0.2) is 42.5 Å². The fourth-order valence-electron chi connectivity index (χ4n) is 1.69. The summed E-state index contributed by atoms with van der Waals surface area (Å²) in [5.74, 6) is -0.964. The van der Waals surface area contributed by atoms with Crippen molar-refractivity contribution in [2.75, 3.05) is 0 Å². The SMILES string of the molecule is O=Cc1cc(OC(F)(F)F)cc(-c2ccc(F)cc2)c1. The molecule has 0 aliphatic heterocycles. The van der Waals surface area contributed by atoms with Crippen LogP contribution in [-0.4, -0.2) is 12.6 Å². The predicted octanol–water partition coefficient (Wildman–Crippen LogP) is 4.20. The summed E-state index contributed by atoms with van der Waals surface area (Å²) in [4.78, 5) is 10.8. The minimum Gasteiger partial charge on any atom is -0.406 e. The molecule has 0 unspecified atom stereocenters. The Bertz CT molecular complexity index is 618. The minimum atomic E-state index is -4.85. The Morgan fingerprint density at radius 3 is 2.15 bits per heavy atom. The van der Waals surface area contributed by atoms with Gasteiger partial charge in [0.25, 0.3) is 0 Å². The van der Waals surface area contributed by atoms with E-state index in [4.69, 9.17) is 0 Å². The first-order valence-corrected chi connectivity index (χ1v) is 5.49. The third kappa shape index (κ3) is 3.57. The molecule has 0 bridgehead atoms. The Labute approximate surface area is 111 Å². The van der Waals surface area contributed by atoms with E-state index in [1.807, 2.05) is 0 Å². The molecule has 0 saturated heterocycles. The van der Waals surface area contributed by atoms with Crippen LogP contribution >= 0.6 is 0 Å². The number of ether oxygens (including phenoxy) is 1. The number of alkyl halides is 3. The number of benzene rings is 2. The maximum absolute atomic E-state index is 12.8. The molecule has 0 amide bonds. The molecule has 2 aromatic carbocycles. The van der Waals surface area contributed by atoms with Crippen molar-refractivity contribution in [3.8, 4) is 16.9 Å². The molecular formula is C14H8F4O2. The molecule has 0 N–H and O–H groups in total. The van der Waals surface area contributed by atoms with Crippen LogP contribution in [-0.2, 0) is 0 Å². The first kappa shape index (κ1) is 14.0. The lowest BCUT2D eigenvalue weighted by molar-refractivity contribution is -0.274. The zero-order valence-corrected chi connectivity index (χ0v) is 9.95. The van der Waals surface area contributed by atoms with Gasteiger partial charge in [0.1, 0.15) is 17.9 Å². The Hall–Kier alpha value is -2.37. The molecule has 0 radical (unpaired) electrons. The Balaban J connectivity index is 2.45. The van der Waals surface area contributed by atoms with Crippen LogP contribution in [0.2, 0.25) is 0 Å². The van der Waals surface area contributed by atoms with Crippen molar-refractivity contribution in [1.82, 2.24) is 0 Å². The van der Waals surface area contributed by atoms with Crippen molar-refractivity contribution in [1.29, 1.82) is 0 Å². The van der Waals surface area contributed by atoms with E-state index in [-0.39, 0.29) is 5.56 Å². The monoisotopic (exact) mass is 284 g/mol. The summed E-state index contributed by atoms with van der Waals surface area (Å²) >= 11 is 0. The summed E-state index contributed by atoms with van der Waals surface area (Å²) in [5.41, 5.74) is 0.835. The van der Waals surface area contributed by atoms with Crippen molar-refractivity contribution in [2.45, 2.75) is 6.36 Å². The van der Waals surface area contributed by atoms with Gasteiger partial charge < -0.3 is 4.74 Å². The topological polar surface area (TPSA) is 26.3 Å². The first-order chi connectivity index (χ1) is 9.37. The maximum Gasteiger partial charge on any atom is 0.573 e. The number of carbonyl (C=O) groups excluding carboxylic acids is 1. The summed E-state index contributed by atoms with van der Waals surface area (Å²) in [6.45, 7) is 0. The molecule has 104 valence electrons. The number of hydrogen-bond acceptors (Lipinski definition) is 2. The predicted molar refractivity (Wildman–Crippen MR) is 63.9 cm³/mol. The van der Waals surface area contributed by atoms with Gasteiger partial charge in [-0.25, -0.2) is 4.39 Å². The fraction of sp³-hybridized carbons (Fsp3) is 0.0714. The number of halogens is 4. The first-order valence-electron chi connectivity index (χ1n) is 5.49. The molecule has 2 rings (SSSR count). The lowest BCUT2D eigenvalue weighted by Gasteiger charge is -2.11. The van der Waals surface area contributed by atoms with Gasteiger partial charge in [0.2, 0.25) is 0 Å². The van der Waals surface area contributed by atoms with Crippen molar-refractivity contribution >= 4 is 6.29 Å². The average molecular weight is 284 g/mol. The molecule has 0 saturated carbocycles. The lowest BCUT2D eigenvalue weighted by Crippen LogP contribution is -2.17. The standard InChI is InChI=1S/C14H8F4O2/c15-12-3-1-10(2-4-12)11-5-9(8-19)6-13(7-11)20-14(16,17)18/h1-8H. The zero-order valence-electron chi connectivity index (χ0n) is 9.95. The number of hydrogen-bond donors (Lipinski definition) is 0. The van der Waals surface area contributed by atoms with Gasteiger partial charge in [0.15, 0.2) is 0 Å². The van der Waals surface area contributed by atoms with Gasteiger partial charge in [-0.1, -0.05) is 12.1 Å². The number of carbonyl (C=O) groups is 1. The summed E-state index contributed by atoms with van der Waals surface area (Å²) in [5, 5.41) is 0. The second-order valence-corrected chi connectivity index (χ2v) is 3.96. The van der Waals surface area contributed by atoms with Crippen LogP contribution in [0.25, 0.3) is 11.1 Å². The molecule has 0 atom stereocenters. The van der Waals surface area contributed by atoms with E-state index in [0.29, 0.717) is 17.4 Å². The Morgan fingerprint density at radius 1 is 0.950 bits per heavy atom. The van der Waals surface area contributed by atoms with Gasteiger partial charge in [-0.15, -0.1) is 13.2 Å². The van der Waals surface area contributed by atoms with E-state index in [0.717, 1.165) is 12.1 Å². The molecule has 0 aliphatic carbocycles. The van der Waals surface area contributed by atoms with Gasteiger partial charge in [-0.3, -0.25) is 4.79 Å². The van der Waals surface area contributed by atoms with E-state index >= 15 is 0 Å². The normalized spacial score (nSPS) is 11.2. The molecule has 20 heavy (non-hydrogen) atoms. The van der Waals surface area contributed by atoms with E-state index < -0.39 is 17.9 Å². The minimum absolute atomic E-state index is 0.0334. The molecule has 0 aromatic heterocycles. The van der Waals surface area contributed by atoms with Crippen LogP contribution in [0.1, 0.15) is 10.4 Å². The van der Waals surface area contributed by atoms with Crippen LogP contribution < -0.4 is 4.74 Å². The smallest absolute Gasteiger partial charge is 0.406 e. The van der Waals surface area contributed by atoms with E-state index in [1.165, 1.54) is 30.3 Å². The van der Waals surface area contributed by atoms with E-state index in [1.54, 1.807) is 0 Å². The fourth-order valence-corrected chi connectivity index (χ4v) is 1.69. The van der Waals surface area contributed by atoms with Gasteiger partial charge in [-0.05, 0) is 41.5 Å². The quantitative estimate of drug-likeness (QED) is 0.623. The largest absolute Gasteiger partial charge is 0.573 e. The summed E-state index contributed by atoms with van der Waals surface area (Å²) in [7, 11) is 0. The highest BCUT2D eigenvalue weighted by molar-refractivity contribution is 5.80. The third-order valence-electron chi connectivity index (χ3n) is 2.48. The highest BCUT2D eigenvalue weighted by Crippen LogP contribution is 2.29. The molecule has 0 aliphatic rings. The van der Waals surface area contributed by atoms with Gasteiger partial charge in [0, 0.05) is 5.56 Å². The van der Waals surface area contributed by atoms with Gasteiger partial charge >= 0.3 is 6.36 Å². The summed E-state index contributed by atoms with van der Waals surface area (Å²) < 4.78 is 53.2. The third-order valence-corrected chi connectivity index (χ3v) is 2.48. The second-order valence-electron chi connectivity index (χ2n) is 3.96. The van der Waals surface area contributed by atoms with E-state index in [9.17, 15) is 22.4 Å². The van der Waals surface area contributed by atoms with E-state index in [2.05, 4.69) is 4.74 Å². The Kier molecular flexibility index (Phi) is 3.74. The maximum atomic E-state index is 12.8. The highest BCUT2D eigenvalue weighted by Gasteiger charge is 2.31. The van der Waals surface area contributed by atoms with Crippen LogP contribution in [0.3, 0.4) is 0 Å². The van der Waals surface area contributed by atoms with Crippen LogP contribution in [0.4, 0.5) is 17.6 Å². The number of rotatable bonds is 3. The molecule has 0 spiro atoms. The molecule has 0 heterocycles. The molecule has 2 nitrogen and oxygen atoms in total. The van der Waals surface area contributed by atoms with Crippen molar-refractivity contribution in [3.05, 3.63) is 53.8 Å². The molecule has 0 fully saturated rings. The summed E-state index contributed by atoms with van der Waals surface area (Å²) in [6, 6.07) is 8.65. The van der Waals surface area contributed by atoms with Crippen molar-refractivity contribution in [2.24, 2.45) is 0 Å². The molecule has 6 heteroatoms. The van der Waals surface area contributed by atoms with Crippen LogP contribution in [0.5, 0.6) is 5.75 Å². The van der Waals surface area contributed by atoms with Gasteiger partial charge in [0.05, 0.1) is 0 Å². The average Bonchev–Trinajstić information content (AvgIpc) is 2.37. The number of aldehydes is 1. The van der Waals surface area contributed by atoms with Crippen molar-refractivity contribution in [3.63, 3.8) is 0 Å². The lowest BCUT2D eigenvalue weighted by atomic mass is 10.0. The molecular weight excluding hydrogens is 276 g/mol. The summed E-state index contributed by atoms with van der Waals surface area (Å²) in [6.07, 6.45) is -4.43. The van der Waals surface area contributed by atoms with Crippen molar-refractivity contribution < 1.29 is 27.1 Å².